The van der Waals surface area contributed by atoms with Crippen LogP contribution in [0, 0.1) is 0 Å². The van der Waals surface area contributed by atoms with E-state index >= 15 is 0 Å². The highest BCUT2D eigenvalue weighted by Gasteiger charge is 2.08. The summed E-state index contributed by atoms with van der Waals surface area (Å²) in [5.74, 6) is -1.44. The van der Waals surface area contributed by atoms with E-state index in [1.807, 2.05) is 4.90 Å². The number of carboxylic acid groups (broad SMARTS) is 1. The molecular formula is C27H57NO3. The molecule has 1 atom stereocenters. The van der Waals surface area contributed by atoms with Crippen molar-refractivity contribution in [2.45, 2.75) is 149 Å². The normalized spacial score (nSPS) is 11.9. The van der Waals surface area contributed by atoms with Crippen molar-refractivity contribution < 1.29 is 19.9 Å². The smallest absolute Gasteiger partial charge is 0.0905 e. The summed E-state index contributed by atoms with van der Waals surface area (Å²) in [6.45, 7) is 12.4. The molecule has 4 nitrogen and oxygen atoms in total. The Morgan fingerprint density at radius 2 is 0.839 bits per heavy atom. The molecular weight excluding hydrogens is 386 g/mol. The van der Waals surface area contributed by atoms with E-state index in [9.17, 15) is 9.90 Å². The van der Waals surface area contributed by atoms with Gasteiger partial charge in [-0.25, -0.2) is 0 Å². The molecule has 0 aliphatic rings. The number of unbranched alkanes of at least 4 members (excludes halogenated alkanes) is 15. The quantitative estimate of drug-likeness (QED) is 0.230. The summed E-state index contributed by atoms with van der Waals surface area (Å²) in [5, 5.41) is 17.3. The lowest BCUT2D eigenvalue weighted by molar-refractivity contribution is -0.900. The highest BCUT2D eigenvalue weighted by Crippen LogP contribution is 2.06. The first-order valence-corrected chi connectivity index (χ1v) is 13.7. The number of quaternary nitrogens is 1. The molecule has 0 aromatic rings. The Hall–Kier alpha value is -0.610. The molecule has 188 valence electrons. The standard InChI is InChI=1S/C24H51N.C3H6O3/c1-4-7-10-13-16-19-22-25(23-20-17-14-11-8-5-2)24-21-18-15-12-9-6-3;1-2(4)3(5)6/h4-24H2,1-3H3;2,4H,1H3,(H,5,6). The molecule has 0 aliphatic heterocycles. The molecule has 0 spiro atoms. The Kier molecular flexibility index (Phi) is 28.8. The molecule has 0 rings (SSSR count). The molecule has 0 amide bonds. The fraction of sp³-hybridized carbons (Fsp3) is 0.963. The van der Waals surface area contributed by atoms with E-state index in [4.69, 9.17) is 5.11 Å². The van der Waals surface area contributed by atoms with E-state index in [1.54, 1.807) is 0 Å². The van der Waals surface area contributed by atoms with Crippen LogP contribution in [0.4, 0.5) is 0 Å². The lowest BCUT2D eigenvalue weighted by atomic mass is 10.1. The topological polar surface area (TPSA) is 64.8 Å². The van der Waals surface area contributed by atoms with Gasteiger partial charge in [-0.1, -0.05) is 97.8 Å². The molecule has 0 bridgehead atoms. The summed E-state index contributed by atoms with van der Waals surface area (Å²) in [6, 6.07) is 0. The van der Waals surface area contributed by atoms with Crippen LogP contribution in [0.15, 0.2) is 0 Å². The molecule has 0 saturated heterocycles. The average molecular weight is 444 g/mol. The number of rotatable bonds is 22. The van der Waals surface area contributed by atoms with Gasteiger partial charge >= 0.3 is 0 Å². The largest absolute Gasteiger partial charge is 0.547 e. The fourth-order valence-electron chi connectivity index (χ4n) is 3.84. The van der Waals surface area contributed by atoms with Crippen molar-refractivity contribution in [3.05, 3.63) is 0 Å². The minimum Gasteiger partial charge on any atom is -0.547 e. The Labute approximate surface area is 195 Å². The second-order valence-electron chi connectivity index (χ2n) is 9.30. The number of hydrogen-bond donors (Lipinski definition) is 2. The minimum absolute atomic E-state index is 1.13. The molecule has 31 heavy (non-hydrogen) atoms. The third kappa shape index (κ3) is 29.4. The van der Waals surface area contributed by atoms with Crippen LogP contribution in [0.5, 0.6) is 0 Å². The summed E-state index contributed by atoms with van der Waals surface area (Å²) in [5.41, 5.74) is 0. The second kappa shape index (κ2) is 27.4. The van der Waals surface area contributed by atoms with Gasteiger partial charge in [0.1, 0.15) is 0 Å². The lowest BCUT2D eigenvalue weighted by Gasteiger charge is -2.19. The summed E-state index contributed by atoms with van der Waals surface area (Å²) in [7, 11) is 0. The molecule has 0 fully saturated rings. The molecule has 4 heteroatoms. The summed E-state index contributed by atoms with van der Waals surface area (Å²) < 4.78 is 0. The predicted molar refractivity (Wildman–Crippen MR) is 132 cm³/mol. The van der Waals surface area contributed by atoms with Crippen LogP contribution in [0.25, 0.3) is 0 Å². The zero-order chi connectivity index (χ0) is 23.6. The van der Waals surface area contributed by atoms with Crippen molar-refractivity contribution >= 4 is 5.97 Å². The first-order valence-electron chi connectivity index (χ1n) is 13.7. The summed E-state index contributed by atoms with van der Waals surface area (Å²) >= 11 is 0. The van der Waals surface area contributed by atoms with Crippen LogP contribution >= 0.6 is 0 Å². The highest BCUT2D eigenvalue weighted by atomic mass is 16.4. The zero-order valence-electron chi connectivity index (χ0n) is 21.7. The van der Waals surface area contributed by atoms with E-state index in [-0.39, 0.29) is 0 Å². The molecule has 0 saturated carbocycles. The van der Waals surface area contributed by atoms with Crippen molar-refractivity contribution in [3.63, 3.8) is 0 Å². The number of nitrogens with one attached hydrogen (secondary N) is 1. The number of carboxylic acids is 1. The highest BCUT2D eigenvalue weighted by molar-refractivity contribution is 5.68. The number of aliphatic hydroxyl groups excluding tert-OH is 1. The van der Waals surface area contributed by atoms with E-state index in [2.05, 4.69) is 20.8 Å². The van der Waals surface area contributed by atoms with Crippen LogP contribution < -0.4 is 10.0 Å². The molecule has 1 unspecified atom stereocenters. The Morgan fingerprint density at radius 1 is 0.613 bits per heavy atom. The Morgan fingerprint density at radius 3 is 1.06 bits per heavy atom. The Balaban J connectivity index is 0. The average Bonchev–Trinajstić information content (AvgIpc) is 2.75. The van der Waals surface area contributed by atoms with Crippen molar-refractivity contribution in [3.8, 4) is 0 Å². The van der Waals surface area contributed by atoms with Gasteiger partial charge < -0.3 is 19.9 Å². The fourth-order valence-corrected chi connectivity index (χ4v) is 3.84. The first-order chi connectivity index (χ1) is 15.0. The van der Waals surface area contributed by atoms with Gasteiger partial charge in [0, 0.05) is 0 Å². The number of carbonyl (C=O) groups excluding carboxylic acids is 1. The lowest BCUT2D eigenvalue weighted by Crippen LogP contribution is -3.12. The summed E-state index contributed by atoms with van der Waals surface area (Å²) in [6.07, 6.45) is 24.6. The van der Waals surface area contributed by atoms with Crippen LogP contribution in [0.3, 0.4) is 0 Å². The van der Waals surface area contributed by atoms with Crippen LogP contribution in [0.2, 0.25) is 0 Å². The first kappa shape index (κ1) is 32.6. The van der Waals surface area contributed by atoms with Crippen LogP contribution in [-0.4, -0.2) is 36.8 Å². The van der Waals surface area contributed by atoms with Gasteiger partial charge in [0.25, 0.3) is 0 Å². The molecule has 0 aromatic heterocycles. The number of aliphatic carboxylic acids is 1. The SMILES string of the molecule is CC(O)C(=O)[O-].CCCCCCCC[NH+](CCCCCCCC)CCCCCCCC. The van der Waals surface area contributed by atoms with Gasteiger partial charge in [-0.2, -0.15) is 0 Å². The minimum atomic E-state index is -1.44. The summed E-state index contributed by atoms with van der Waals surface area (Å²) in [4.78, 5) is 11.3. The third-order valence-corrected chi connectivity index (χ3v) is 5.99. The zero-order valence-corrected chi connectivity index (χ0v) is 21.7. The van der Waals surface area contributed by atoms with Gasteiger partial charge in [0.15, 0.2) is 0 Å². The van der Waals surface area contributed by atoms with E-state index < -0.39 is 12.1 Å². The van der Waals surface area contributed by atoms with Gasteiger partial charge in [-0.15, -0.1) is 0 Å². The van der Waals surface area contributed by atoms with Gasteiger partial charge in [-0.05, 0) is 45.4 Å². The second-order valence-corrected chi connectivity index (χ2v) is 9.30. The molecule has 0 radical (unpaired) electrons. The van der Waals surface area contributed by atoms with E-state index in [0.717, 1.165) is 6.92 Å². The maximum Gasteiger partial charge on any atom is 0.0905 e. The number of carbonyl (C=O) groups is 1. The van der Waals surface area contributed by atoms with Crippen molar-refractivity contribution in [2.24, 2.45) is 0 Å². The number of aliphatic hydroxyl groups is 1. The number of hydrogen-bond acceptors (Lipinski definition) is 3. The van der Waals surface area contributed by atoms with Gasteiger partial charge in [0.2, 0.25) is 0 Å². The third-order valence-electron chi connectivity index (χ3n) is 5.99. The molecule has 2 N–H and O–H groups in total. The molecule has 0 heterocycles. The molecule has 0 aliphatic carbocycles. The van der Waals surface area contributed by atoms with Crippen molar-refractivity contribution in [2.75, 3.05) is 19.6 Å². The monoisotopic (exact) mass is 443 g/mol. The van der Waals surface area contributed by atoms with Crippen molar-refractivity contribution in [1.82, 2.24) is 0 Å². The van der Waals surface area contributed by atoms with Gasteiger partial charge in [-0.3, -0.25) is 0 Å². The Bertz CT molecular complexity index is 309. The maximum absolute atomic E-state index is 9.34. The van der Waals surface area contributed by atoms with Crippen LogP contribution in [-0.2, 0) is 4.79 Å². The van der Waals surface area contributed by atoms with E-state index in [0.29, 0.717) is 0 Å². The van der Waals surface area contributed by atoms with Crippen molar-refractivity contribution in [1.29, 1.82) is 0 Å². The van der Waals surface area contributed by atoms with Gasteiger partial charge in [0.05, 0.1) is 31.7 Å². The predicted octanol–water partition coefficient (Wildman–Crippen LogP) is 5.07. The maximum atomic E-state index is 9.34. The molecule has 0 aromatic carbocycles. The van der Waals surface area contributed by atoms with E-state index in [1.165, 1.54) is 135 Å². The van der Waals surface area contributed by atoms with Crippen LogP contribution in [0.1, 0.15) is 143 Å².